The molecule has 0 radical (unpaired) electrons. The van der Waals surface area contributed by atoms with Crippen LogP contribution >= 0.6 is 0 Å². The molecule has 0 bridgehead atoms. The van der Waals surface area contributed by atoms with Crippen LogP contribution in [-0.4, -0.2) is 43.3 Å². The Morgan fingerprint density at radius 3 is 2.26 bits per heavy atom. The van der Waals surface area contributed by atoms with Gasteiger partial charge in [-0.05, 0) is 42.7 Å². The zero-order valence-electron chi connectivity index (χ0n) is 20.4. The lowest BCUT2D eigenvalue weighted by Gasteiger charge is -2.14. The number of aryl methyl sites for hydroxylation is 2. The van der Waals surface area contributed by atoms with Crippen LogP contribution in [0.5, 0.6) is 17.2 Å². The maximum absolute atomic E-state index is 12.9. The van der Waals surface area contributed by atoms with E-state index in [4.69, 9.17) is 19.2 Å². The molecule has 3 aromatic carbocycles. The maximum Gasteiger partial charge on any atom is 0.251 e. The highest BCUT2D eigenvalue weighted by atomic mass is 16.5. The predicted molar refractivity (Wildman–Crippen MR) is 137 cm³/mol. The Hall–Kier alpha value is -4.00. The first-order valence-electron chi connectivity index (χ1n) is 11.7. The van der Waals surface area contributed by atoms with Gasteiger partial charge in [-0.1, -0.05) is 42.5 Å². The number of amides is 1. The third kappa shape index (κ3) is 5.57. The van der Waals surface area contributed by atoms with Gasteiger partial charge in [0.15, 0.2) is 11.5 Å². The molecule has 0 spiro atoms. The van der Waals surface area contributed by atoms with E-state index in [-0.39, 0.29) is 5.91 Å². The van der Waals surface area contributed by atoms with Gasteiger partial charge in [-0.3, -0.25) is 4.79 Å². The molecule has 4 aromatic rings. The summed E-state index contributed by atoms with van der Waals surface area (Å²) in [5.41, 5.74) is 3.86. The molecule has 1 amide bonds. The van der Waals surface area contributed by atoms with Crippen LogP contribution in [0.4, 0.5) is 0 Å². The fraction of sp³-hybridized carbons (Fsp3) is 0.286. The van der Waals surface area contributed by atoms with Crippen molar-refractivity contribution in [2.75, 3.05) is 27.9 Å². The number of hydrogen-bond acceptors (Lipinski definition) is 5. The second-order valence-electron chi connectivity index (χ2n) is 8.18. The third-order valence-corrected chi connectivity index (χ3v) is 5.98. The van der Waals surface area contributed by atoms with Crippen LogP contribution in [0, 0.1) is 0 Å². The number of nitrogens with one attached hydrogen (secondary N) is 1. The molecule has 0 fully saturated rings. The highest BCUT2D eigenvalue weighted by Gasteiger charge is 2.17. The summed E-state index contributed by atoms with van der Waals surface area (Å²) in [6.07, 6.45) is 2.63. The monoisotopic (exact) mass is 473 g/mol. The summed E-state index contributed by atoms with van der Waals surface area (Å²) >= 11 is 0. The normalized spacial score (nSPS) is 10.8. The molecule has 4 rings (SSSR count). The van der Waals surface area contributed by atoms with Crippen molar-refractivity contribution in [1.82, 2.24) is 14.9 Å². The number of rotatable bonds is 11. The van der Waals surface area contributed by atoms with E-state index < -0.39 is 0 Å². The van der Waals surface area contributed by atoms with Crippen LogP contribution in [0.3, 0.4) is 0 Å². The van der Waals surface area contributed by atoms with Crippen LogP contribution in [0.1, 0.15) is 28.2 Å². The van der Waals surface area contributed by atoms with Crippen molar-refractivity contribution in [1.29, 1.82) is 0 Å². The number of nitrogens with zero attached hydrogens (tertiary/aromatic N) is 2. The molecule has 182 valence electrons. The number of benzene rings is 3. The molecule has 0 unspecified atom stereocenters. The average molecular weight is 474 g/mol. The lowest BCUT2D eigenvalue weighted by atomic mass is 10.1. The summed E-state index contributed by atoms with van der Waals surface area (Å²) in [4.78, 5) is 17.7. The number of ether oxygens (including phenoxy) is 3. The van der Waals surface area contributed by atoms with Crippen molar-refractivity contribution in [2.24, 2.45) is 0 Å². The number of aromatic nitrogens is 2. The minimum absolute atomic E-state index is 0.212. The molecule has 7 heteroatoms. The highest BCUT2D eigenvalue weighted by molar-refractivity contribution is 5.95. The largest absolute Gasteiger partial charge is 0.493 e. The minimum Gasteiger partial charge on any atom is -0.493 e. The summed E-state index contributed by atoms with van der Waals surface area (Å²) in [5, 5.41) is 3.00. The number of carbonyl (C=O) groups is 1. The Morgan fingerprint density at radius 1 is 0.886 bits per heavy atom. The number of carbonyl (C=O) groups excluding carboxylic acids is 1. The first kappa shape index (κ1) is 24.1. The molecular weight excluding hydrogens is 442 g/mol. The van der Waals surface area contributed by atoms with Crippen LogP contribution in [0.25, 0.3) is 11.0 Å². The molecule has 0 atom stereocenters. The van der Waals surface area contributed by atoms with Gasteiger partial charge in [0.2, 0.25) is 5.75 Å². The Balaban J connectivity index is 1.44. The van der Waals surface area contributed by atoms with Gasteiger partial charge in [0.1, 0.15) is 5.82 Å². The molecule has 7 nitrogen and oxygen atoms in total. The van der Waals surface area contributed by atoms with E-state index >= 15 is 0 Å². The molecule has 0 aliphatic heterocycles. The number of imidazole rings is 1. The molecule has 0 saturated carbocycles. The van der Waals surface area contributed by atoms with Crippen molar-refractivity contribution in [3.8, 4) is 17.2 Å². The maximum atomic E-state index is 12.9. The standard InChI is InChI=1S/C28H31N3O4/c1-33-24-18-21(19-25(34-2)27(24)35-3)28(32)29-16-15-26-30-22-13-7-8-14-23(22)31(26)17-9-12-20-10-5-4-6-11-20/h4-8,10-11,13-14,18-19H,9,12,15-17H2,1-3H3,(H,29,32). The molecule has 1 heterocycles. The van der Waals surface area contributed by atoms with Gasteiger partial charge in [-0.25, -0.2) is 4.98 Å². The number of fused-ring (bicyclic) bond motifs is 1. The topological polar surface area (TPSA) is 74.6 Å². The van der Waals surface area contributed by atoms with Crippen molar-refractivity contribution in [2.45, 2.75) is 25.8 Å². The number of hydrogen-bond donors (Lipinski definition) is 1. The molecule has 35 heavy (non-hydrogen) atoms. The first-order chi connectivity index (χ1) is 17.1. The van der Waals surface area contributed by atoms with E-state index in [2.05, 4.69) is 40.2 Å². The van der Waals surface area contributed by atoms with Gasteiger partial charge in [-0.2, -0.15) is 0 Å². The predicted octanol–water partition coefficient (Wildman–Crippen LogP) is 4.67. The van der Waals surface area contributed by atoms with Crippen molar-refractivity contribution in [3.63, 3.8) is 0 Å². The van der Waals surface area contributed by atoms with Crippen molar-refractivity contribution < 1.29 is 19.0 Å². The first-order valence-corrected chi connectivity index (χ1v) is 11.7. The van der Waals surface area contributed by atoms with E-state index in [1.54, 1.807) is 12.1 Å². The van der Waals surface area contributed by atoms with E-state index in [9.17, 15) is 4.79 Å². The van der Waals surface area contributed by atoms with Crippen LogP contribution in [0.2, 0.25) is 0 Å². The van der Waals surface area contributed by atoms with E-state index in [0.29, 0.717) is 35.8 Å². The Kier molecular flexibility index (Phi) is 7.88. The van der Waals surface area contributed by atoms with Gasteiger partial charge in [0.25, 0.3) is 5.91 Å². The number of methoxy groups -OCH3 is 3. The van der Waals surface area contributed by atoms with E-state index in [1.807, 2.05) is 24.3 Å². The summed E-state index contributed by atoms with van der Waals surface area (Å²) in [6, 6.07) is 22.0. The molecule has 0 aliphatic carbocycles. The lowest BCUT2D eigenvalue weighted by molar-refractivity contribution is 0.0953. The van der Waals surface area contributed by atoms with Crippen LogP contribution in [-0.2, 0) is 19.4 Å². The van der Waals surface area contributed by atoms with E-state index in [1.165, 1.54) is 26.9 Å². The second-order valence-corrected chi connectivity index (χ2v) is 8.18. The fourth-order valence-electron chi connectivity index (χ4n) is 4.25. The summed E-state index contributed by atoms with van der Waals surface area (Å²) in [7, 11) is 4.59. The average Bonchev–Trinajstić information content (AvgIpc) is 3.25. The molecule has 0 saturated heterocycles. The van der Waals surface area contributed by atoms with Gasteiger partial charge >= 0.3 is 0 Å². The van der Waals surface area contributed by atoms with Gasteiger partial charge in [-0.15, -0.1) is 0 Å². The van der Waals surface area contributed by atoms with Gasteiger partial charge in [0.05, 0.1) is 32.4 Å². The van der Waals surface area contributed by atoms with E-state index in [0.717, 1.165) is 36.2 Å². The Morgan fingerprint density at radius 2 is 1.57 bits per heavy atom. The second kappa shape index (κ2) is 11.4. The molecule has 1 N–H and O–H groups in total. The smallest absolute Gasteiger partial charge is 0.251 e. The van der Waals surface area contributed by atoms with Crippen LogP contribution < -0.4 is 19.5 Å². The summed E-state index contributed by atoms with van der Waals surface area (Å²) in [5.74, 6) is 2.09. The third-order valence-electron chi connectivity index (χ3n) is 5.98. The summed E-state index contributed by atoms with van der Waals surface area (Å²) in [6.45, 7) is 1.32. The molecule has 1 aromatic heterocycles. The fourth-order valence-corrected chi connectivity index (χ4v) is 4.25. The molecule has 0 aliphatic rings. The van der Waals surface area contributed by atoms with Crippen molar-refractivity contribution in [3.05, 3.63) is 83.7 Å². The minimum atomic E-state index is -0.212. The highest BCUT2D eigenvalue weighted by Crippen LogP contribution is 2.38. The zero-order chi connectivity index (χ0) is 24.6. The Bertz CT molecular complexity index is 1260. The van der Waals surface area contributed by atoms with Crippen LogP contribution in [0.15, 0.2) is 66.7 Å². The molecular formula is C28H31N3O4. The van der Waals surface area contributed by atoms with Crippen molar-refractivity contribution >= 4 is 16.9 Å². The van der Waals surface area contributed by atoms with Gasteiger partial charge < -0.3 is 24.1 Å². The number of para-hydroxylation sites is 2. The Labute approximate surface area is 205 Å². The quantitative estimate of drug-likeness (QED) is 0.343. The zero-order valence-corrected chi connectivity index (χ0v) is 20.4. The SMILES string of the molecule is COc1cc(C(=O)NCCc2nc3ccccc3n2CCCc2ccccc2)cc(OC)c1OC. The van der Waals surface area contributed by atoms with Gasteiger partial charge in [0, 0.05) is 25.1 Å². The summed E-state index contributed by atoms with van der Waals surface area (Å²) < 4.78 is 18.3. The lowest BCUT2D eigenvalue weighted by Crippen LogP contribution is -2.26.